The van der Waals surface area contributed by atoms with Gasteiger partial charge in [0, 0.05) is 17.1 Å². The van der Waals surface area contributed by atoms with Gasteiger partial charge >= 0.3 is 0 Å². The van der Waals surface area contributed by atoms with Crippen molar-refractivity contribution >= 4 is 23.0 Å². The summed E-state index contributed by atoms with van der Waals surface area (Å²) in [5.74, 6) is 0.219. The van der Waals surface area contributed by atoms with Gasteiger partial charge in [-0.25, -0.2) is 5.43 Å². The summed E-state index contributed by atoms with van der Waals surface area (Å²) >= 11 is 0. The van der Waals surface area contributed by atoms with Crippen LogP contribution in [0.2, 0.25) is 0 Å². The number of para-hydroxylation sites is 2. The summed E-state index contributed by atoms with van der Waals surface area (Å²) < 4.78 is 5.72. The maximum atomic E-state index is 12.1. The Kier molecular flexibility index (Phi) is 4.89. The number of aromatic hydroxyl groups is 1. The number of carbonyl (C=O) groups excluding carboxylic acids is 1. The molecule has 0 unspecified atom stereocenters. The first-order valence-corrected chi connectivity index (χ1v) is 7.76. The van der Waals surface area contributed by atoms with Crippen molar-refractivity contribution in [3.05, 3.63) is 66.4 Å². The number of hydrazone groups is 1. The number of hydrogen-bond donors (Lipinski definition) is 2. The van der Waals surface area contributed by atoms with Crippen molar-refractivity contribution in [2.75, 3.05) is 0 Å². The minimum Gasteiger partial charge on any atom is -0.507 e. The zero-order valence-electron chi connectivity index (χ0n) is 13.6. The van der Waals surface area contributed by atoms with Gasteiger partial charge in [-0.3, -0.25) is 9.78 Å². The third-order valence-corrected chi connectivity index (χ3v) is 3.58. The third kappa shape index (κ3) is 3.92. The van der Waals surface area contributed by atoms with Gasteiger partial charge in [0.2, 0.25) is 0 Å². The Bertz CT molecular complexity index is 919. The standard InChI is InChI=1S/C19H17N3O3/c1-13(19(24)22-21-12-15-6-2-3-9-16(15)23)25-17-10-4-7-14-8-5-11-20-18(14)17/h2-13,23H,1H3,(H,22,24)/b21-12+/t13-/m0/s1. The Morgan fingerprint density at radius 1 is 1.20 bits per heavy atom. The number of nitrogens with one attached hydrogen (secondary N) is 1. The first-order valence-electron chi connectivity index (χ1n) is 7.76. The molecule has 1 aromatic heterocycles. The number of hydrogen-bond acceptors (Lipinski definition) is 5. The molecule has 2 N–H and O–H groups in total. The van der Waals surface area contributed by atoms with Gasteiger partial charge in [-0.2, -0.15) is 5.10 Å². The molecule has 6 nitrogen and oxygen atoms in total. The Hall–Kier alpha value is -3.41. The highest BCUT2D eigenvalue weighted by Gasteiger charge is 2.15. The molecule has 0 aliphatic rings. The Labute approximate surface area is 144 Å². The van der Waals surface area contributed by atoms with E-state index in [9.17, 15) is 9.90 Å². The molecule has 0 saturated carbocycles. The fourth-order valence-corrected chi connectivity index (χ4v) is 2.27. The fraction of sp³-hybridized carbons (Fsp3) is 0.105. The largest absolute Gasteiger partial charge is 0.507 e. The second-order valence-electron chi connectivity index (χ2n) is 5.38. The van der Waals surface area contributed by atoms with E-state index in [1.807, 2.05) is 24.3 Å². The van der Waals surface area contributed by atoms with Crippen molar-refractivity contribution in [1.29, 1.82) is 0 Å². The lowest BCUT2D eigenvalue weighted by Gasteiger charge is -2.14. The summed E-state index contributed by atoms with van der Waals surface area (Å²) in [6.07, 6.45) is 2.30. The number of pyridine rings is 1. The second kappa shape index (κ2) is 7.44. The molecular weight excluding hydrogens is 318 g/mol. The molecular formula is C19H17N3O3. The van der Waals surface area contributed by atoms with Crippen LogP contribution in [0.25, 0.3) is 10.9 Å². The molecule has 0 radical (unpaired) electrons. The van der Waals surface area contributed by atoms with Gasteiger partial charge in [-0.05, 0) is 31.2 Å². The van der Waals surface area contributed by atoms with Gasteiger partial charge in [0.25, 0.3) is 5.91 Å². The van der Waals surface area contributed by atoms with Gasteiger partial charge in [0.15, 0.2) is 6.10 Å². The molecule has 0 aliphatic carbocycles. The Morgan fingerprint density at radius 2 is 2.00 bits per heavy atom. The molecule has 1 amide bonds. The molecule has 0 bridgehead atoms. The maximum absolute atomic E-state index is 12.1. The van der Waals surface area contributed by atoms with Crippen LogP contribution in [-0.4, -0.2) is 28.3 Å². The third-order valence-electron chi connectivity index (χ3n) is 3.58. The summed E-state index contributed by atoms with van der Waals surface area (Å²) in [7, 11) is 0. The number of benzene rings is 2. The van der Waals surface area contributed by atoms with Crippen LogP contribution in [0, 0.1) is 0 Å². The predicted molar refractivity (Wildman–Crippen MR) is 95.7 cm³/mol. The number of amides is 1. The number of aromatic nitrogens is 1. The zero-order valence-corrected chi connectivity index (χ0v) is 13.6. The predicted octanol–water partition coefficient (Wildman–Crippen LogP) is 2.86. The van der Waals surface area contributed by atoms with E-state index in [-0.39, 0.29) is 5.75 Å². The summed E-state index contributed by atoms with van der Waals surface area (Å²) in [4.78, 5) is 16.4. The SMILES string of the molecule is C[C@H](Oc1cccc2cccnc12)C(=O)N/N=C/c1ccccc1O. The monoisotopic (exact) mass is 335 g/mol. The molecule has 0 aliphatic heterocycles. The molecule has 1 atom stereocenters. The van der Waals surface area contributed by atoms with Crippen LogP contribution in [0.1, 0.15) is 12.5 Å². The number of carbonyl (C=O) groups is 1. The zero-order chi connectivity index (χ0) is 17.6. The van der Waals surface area contributed by atoms with Crippen LogP contribution >= 0.6 is 0 Å². The van der Waals surface area contributed by atoms with E-state index in [1.165, 1.54) is 6.21 Å². The summed E-state index contributed by atoms with van der Waals surface area (Å²) in [6.45, 7) is 1.63. The van der Waals surface area contributed by atoms with Crippen molar-refractivity contribution in [3.8, 4) is 11.5 Å². The molecule has 6 heteroatoms. The van der Waals surface area contributed by atoms with Crippen LogP contribution in [0.15, 0.2) is 65.9 Å². The van der Waals surface area contributed by atoms with E-state index in [1.54, 1.807) is 43.5 Å². The number of nitrogens with zero attached hydrogens (tertiary/aromatic N) is 2. The summed E-state index contributed by atoms with van der Waals surface area (Å²) in [5, 5.41) is 14.4. The van der Waals surface area contributed by atoms with Crippen LogP contribution in [0.4, 0.5) is 0 Å². The number of fused-ring (bicyclic) bond motifs is 1. The fourth-order valence-electron chi connectivity index (χ4n) is 2.27. The van der Waals surface area contributed by atoms with Crippen molar-refractivity contribution in [2.24, 2.45) is 5.10 Å². The van der Waals surface area contributed by atoms with Gasteiger partial charge in [0.05, 0.1) is 6.21 Å². The normalized spacial score (nSPS) is 12.2. The average Bonchev–Trinajstić information content (AvgIpc) is 2.63. The van der Waals surface area contributed by atoms with Crippen LogP contribution in [0.3, 0.4) is 0 Å². The van der Waals surface area contributed by atoms with Crippen molar-refractivity contribution in [2.45, 2.75) is 13.0 Å². The van der Waals surface area contributed by atoms with Gasteiger partial charge in [-0.1, -0.05) is 30.3 Å². The number of ether oxygens (including phenoxy) is 1. The lowest BCUT2D eigenvalue weighted by atomic mass is 10.2. The van der Waals surface area contributed by atoms with Crippen LogP contribution < -0.4 is 10.2 Å². The number of phenols is 1. The highest BCUT2D eigenvalue weighted by atomic mass is 16.5. The van der Waals surface area contributed by atoms with Crippen molar-refractivity contribution in [1.82, 2.24) is 10.4 Å². The van der Waals surface area contributed by atoms with E-state index in [2.05, 4.69) is 15.5 Å². The molecule has 0 fully saturated rings. The minimum absolute atomic E-state index is 0.0895. The second-order valence-corrected chi connectivity index (χ2v) is 5.38. The molecule has 1 heterocycles. The van der Waals surface area contributed by atoms with E-state index in [0.29, 0.717) is 16.8 Å². The summed E-state index contributed by atoms with van der Waals surface area (Å²) in [6, 6.07) is 16.0. The lowest BCUT2D eigenvalue weighted by molar-refractivity contribution is -0.127. The van der Waals surface area contributed by atoms with E-state index in [0.717, 1.165) is 5.39 Å². The maximum Gasteiger partial charge on any atom is 0.280 e. The average molecular weight is 335 g/mol. The summed E-state index contributed by atoms with van der Waals surface area (Å²) in [5.41, 5.74) is 3.61. The molecule has 3 aromatic rings. The van der Waals surface area contributed by atoms with Gasteiger partial charge < -0.3 is 9.84 Å². The lowest BCUT2D eigenvalue weighted by Crippen LogP contribution is -2.33. The smallest absolute Gasteiger partial charge is 0.280 e. The number of rotatable bonds is 5. The van der Waals surface area contributed by atoms with E-state index < -0.39 is 12.0 Å². The topological polar surface area (TPSA) is 83.8 Å². The van der Waals surface area contributed by atoms with Crippen molar-refractivity contribution < 1.29 is 14.6 Å². The minimum atomic E-state index is -0.755. The molecule has 0 saturated heterocycles. The van der Waals surface area contributed by atoms with Gasteiger partial charge in [0.1, 0.15) is 17.0 Å². The number of phenolic OH excluding ortho intramolecular Hbond substituents is 1. The van der Waals surface area contributed by atoms with Gasteiger partial charge in [-0.15, -0.1) is 0 Å². The van der Waals surface area contributed by atoms with Crippen molar-refractivity contribution in [3.63, 3.8) is 0 Å². The molecule has 0 spiro atoms. The van der Waals surface area contributed by atoms with E-state index >= 15 is 0 Å². The molecule has 126 valence electrons. The van der Waals surface area contributed by atoms with Crippen LogP contribution in [0.5, 0.6) is 11.5 Å². The molecule has 25 heavy (non-hydrogen) atoms. The molecule has 2 aromatic carbocycles. The van der Waals surface area contributed by atoms with Crippen LogP contribution in [-0.2, 0) is 4.79 Å². The Balaban J connectivity index is 1.65. The first kappa shape index (κ1) is 16.4. The first-order chi connectivity index (χ1) is 12.1. The highest BCUT2D eigenvalue weighted by molar-refractivity contribution is 5.87. The highest BCUT2D eigenvalue weighted by Crippen LogP contribution is 2.23. The quantitative estimate of drug-likeness (QED) is 0.555. The van der Waals surface area contributed by atoms with E-state index in [4.69, 9.17) is 4.74 Å². The molecule has 3 rings (SSSR count). The Morgan fingerprint density at radius 3 is 2.84 bits per heavy atom.